The quantitative estimate of drug-likeness (QED) is 0.591. The van der Waals surface area contributed by atoms with Crippen LogP contribution < -0.4 is 0 Å². The molecule has 0 saturated heterocycles. The molecule has 2 aromatic rings. The maximum atomic E-state index is 12.9. The van der Waals surface area contributed by atoms with E-state index in [0.717, 1.165) is 10.5 Å². The van der Waals surface area contributed by atoms with Gasteiger partial charge in [0.05, 0.1) is 22.7 Å². The van der Waals surface area contributed by atoms with Crippen molar-refractivity contribution in [3.8, 4) is 0 Å². The van der Waals surface area contributed by atoms with Crippen molar-refractivity contribution in [1.82, 2.24) is 0 Å². The Morgan fingerprint density at radius 1 is 1.00 bits per heavy atom. The summed E-state index contributed by atoms with van der Waals surface area (Å²) in [6.07, 6.45) is -0.149. The van der Waals surface area contributed by atoms with E-state index in [9.17, 15) is 4.21 Å². The molecule has 25 heavy (non-hydrogen) atoms. The van der Waals surface area contributed by atoms with Gasteiger partial charge in [0, 0.05) is 4.90 Å². The standard InChI is InChI=1S/C21H30O2SSi/c1-17-12-14-19(15-13-17)24(22)16-20(18-10-8-7-9-11-18)23-25(5,6)21(2,3)4/h7-15,20H,16H2,1-6H3/t20-,24-/m0/s1. The monoisotopic (exact) mass is 374 g/mol. The molecule has 0 spiro atoms. The predicted molar refractivity (Wildman–Crippen MR) is 110 cm³/mol. The summed E-state index contributed by atoms with van der Waals surface area (Å²) in [7, 11) is -3.05. The van der Waals surface area contributed by atoms with E-state index in [-0.39, 0.29) is 11.1 Å². The Labute approximate surface area is 156 Å². The zero-order chi connectivity index (χ0) is 18.7. The zero-order valence-electron chi connectivity index (χ0n) is 16.2. The van der Waals surface area contributed by atoms with Gasteiger partial charge in [0.15, 0.2) is 8.32 Å². The molecule has 0 saturated carbocycles. The first-order valence-corrected chi connectivity index (χ1v) is 13.0. The first-order chi connectivity index (χ1) is 11.6. The summed E-state index contributed by atoms with van der Waals surface area (Å²) < 4.78 is 19.6. The third-order valence-corrected chi connectivity index (χ3v) is 10.9. The van der Waals surface area contributed by atoms with Crippen LogP contribution in [0.2, 0.25) is 18.1 Å². The third kappa shape index (κ3) is 5.37. The average molecular weight is 375 g/mol. The Hall–Kier alpha value is -1.23. The highest BCUT2D eigenvalue weighted by Crippen LogP contribution is 2.40. The highest BCUT2D eigenvalue weighted by atomic mass is 32.2. The molecular formula is C21H30O2SSi. The van der Waals surface area contributed by atoms with Crippen molar-refractivity contribution in [3.05, 3.63) is 65.7 Å². The van der Waals surface area contributed by atoms with Crippen LogP contribution in [0.25, 0.3) is 0 Å². The van der Waals surface area contributed by atoms with Gasteiger partial charge in [-0.1, -0.05) is 68.8 Å². The molecule has 0 amide bonds. The lowest BCUT2D eigenvalue weighted by Crippen LogP contribution is -2.42. The minimum absolute atomic E-state index is 0.116. The molecular weight excluding hydrogens is 344 g/mol. The molecule has 0 N–H and O–H groups in total. The van der Waals surface area contributed by atoms with E-state index in [2.05, 4.69) is 46.0 Å². The van der Waals surface area contributed by atoms with Crippen LogP contribution in [0.4, 0.5) is 0 Å². The van der Waals surface area contributed by atoms with Crippen molar-refractivity contribution in [2.24, 2.45) is 0 Å². The van der Waals surface area contributed by atoms with Crippen LogP contribution in [0.5, 0.6) is 0 Å². The maximum absolute atomic E-state index is 12.9. The SMILES string of the molecule is Cc1ccc([S@@](=O)C[C@H](O[Si](C)(C)C(C)(C)C)c2ccccc2)cc1. The molecule has 0 fully saturated rings. The van der Waals surface area contributed by atoms with E-state index in [0.29, 0.717) is 5.75 Å². The molecule has 0 aliphatic rings. The number of rotatable bonds is 6. The smallest absolute Gasteiger partial charge is 0.192 e. The molecule has 0 bridgehead atoms. The average Bonchev–Trinajstić information content (AvgIpc) is 2.54. The van der Waals surface area contributed by atoms with Gasteiger partial charge in [-0.3, -0.25) is 4.21 Å². The minimum atomic E-state index is -1.96. The Bertz CT molecular complexity index is 703. The molecule has 2 rings (SSSR count). The van der Waals surface area contributed by atoms with E-state index >= 15 is 0 Å². The predicted octanol–water partition coefficient (Wildman–Crippen LogP) is 5.87. The van der Waals surface area contributed by atoms with Gasteiger partial charge < -0.3 is 4.43 Å². The fourth-order valence-corrected chi connectivity index (χ4v) is 4.89. The van der Waals surface area contributed by atoms with E-state index in [4.69, 9.17) is 4.43 Å². The summed E-state index contributed by atoms with van der Waals surface area (Å²) in [5.74, 6) is 0.486. The number of hydrogen-bond acceptors (Lipinski definition) is 2. The van der Waals surface area contributed by atoms with E-state index in [1.807, 2.05) is 49.4 Å². The van der Waals surface area contributed by atoms with Gasteiger partial charge in [-0.15, -0.1) is 0 Å². The van der Waals surface area contributed by atoms with Gasteiger partial charge in [-0.2, -0.15) is 0 Å². The van der Waals surface area contributed by atoms with Crippen LogP contribution in [0.3, 0.4) is 0 Å². The van der Waals surface area contributed by atoms with Crippen molar-refractivity contribution in [3.63, 3.8) is 0 Å². The van der Waals surface area contributed by atoms with E-state index in [1.54, 1.807) is 0 Å². The largest absolute Gasteiger partial charge is 0.409 e. The first kappa shape index (κ1) is 20.1. The molecule has 0 aliphatic heterocycles. The fourth-order valence-electron chi connectivity index (χ4n) is 2.32. The summed E-state index contributed by atoms with van der Waals surface area (Å²) in [5, 5.41) is 0.116. The number of hydrogen-bond donors (Lipinski definition) is 0. The lowest BCUT2D eigenvalue weighted by atomic mass is 10.1. The summed E-state index contributed by atoms with van der Waals surface area (Å²) in [6, 6.07) is 18.1. The molecule has 4 heteroatoms. The van der Waals surface area contributed by atoms with Crippen LogP contribution >= 0.6 is 0 Å². The second-order valence-corrected chi connectivity index (χ2v) is 14.4. The zero-order valence-corrected chi connectivity index (χ0v) is 18.0. The molecule has 0 unspecified atom stereocenters. The number of benzene rings is 2. The van der Waals surface area contributed by atoms with Gasteiger partial charge in [0.2, 0.25) is 0 Å². The molecule has 0 aromatic heterocycles. The topological polar surface area (TPSA) is 26.3 Å². The highest BCUT2D eigenvalue weighted by molar-refractivity contribution is 7.85. The minimum Gasteiger partial charge on any atom is -0.409 e. The van der Waals surface area contributed by atoms with Crippen molar-refractivity contribution in [2.45, 2.75) is 56.8 Å². The Morgan fingerprint density at radius 2 is 1.56 bits per heavy atom. The van der Waals surface area contributed by atoms with Crippen LogP contribution in [0.1, 0.15) is 38.0 Å². The first-order valence-electron chi connectivity index (χ1n) is 8.78. The molecule has 0 aliphatic carbocycles. The van der Waals surface area contributed by atoms with Gasteiger partial charge in [0.25, 0.3) is 0 Å². The summed E-state index contributed by atoms with van der Waals surface area (Å²) in [5.41, 5.74) is 2.28. The van der Waals surface area contributed by atoms with Crippen molar-refractivity contribution in [2.75, 3.05) is 5.75 Å². The summed E-state index contributed by atoms with van der Waals surface area (Å²) in [4.78, 5) is 0.866. The summed E-state index contributed by atoms with van der Waals surface area (Å²) in [6.45, 7) is 13.2. The van der Waals surface area contributed by atoms with Gasteiger partial charge in [-0.25, -0.2) is 0 Å². The lowest BCUT2D eigenvalue weighted by molar-refractivity contribution is 0.206. The molecule has 0 heterocycles. The number of aryl methyl sites for hydroxylation is 1. The van der Waals surface area contributed by atoms with Gasteiger partial charge >= 0.3 is 0 Å². The molecule has 136 valence electrons. The molecule has 2 atom stereocenters. The van der Waals surface area contributed by atoms with Crippen LogP contribution in [-0.2, 0) is 15.2 Å². The van der Waals surface area contributed by atoms with Crippen LogP contribution in [-0.4, -0.2) is 18.3 Å². The normalized spacial score (nSPS) is 15.0. The van der Waals surface area contributed by atoms with Crippen LogP contribution in [0, 0.1) is 6.92 Å². The Balaban J connectivity index is 2.26. The van der Waals surface area contributed by atoms with E-state index in [1.165, 1.54) is 5.56 Å². The molecule has 0 radical (unpaired) electrons. The van der Waals surface area contributed by atoms with Gasteiger partial charge in [-0.05, 0) is 42.8 Å². The van der Waals surface area contributed by atoms with Crippen LogP contribution in [0.15, 0.2) is 59.5 Å². The Kier molecular flexibility index (Phi) is 6.41. The van der Waals surface area contributed by atoms with Crippen molar-refractivity contribution >= 4 is 19.1 Å². The Morgan fingerprint density at radius 3 is 2.08 bits per heavy atom. The molecule has 2 aromatic carbocycles. The maximum Gasteiger partial charge on any atom is 0.192 e. The third-order valence-electron chi connectivity index (χ3n) is 5.00. The fraction of sp³-hybridized carbons (Fsp3) is 0.429. The second kappa shape index (κ2) is 7.98. The highest BCUT2D eigenvalue weighted by Gasteiger charge is 2.39. The lowest BCUT2D eigenvalue weighted by Gasteiger charge is -2.39. The molecule has 2 nitrogen and oxygen atoms in total. The summed E-state index contributed by atoms with van der Waals surface area (Å²) >= 11 is 0. The van der Waals surface area contributed by atoms with Crippen molar-refractivity contribution < 1.29 is 8.63 Å². The van der Waals surface area contributed by atoms with Gasteiger partial charge in [0.1, 0.15) is 0 Å². The van der Waals surface area contributed by atoms with Crippen molar-refractivity contribution in [1.29, 1.82) is 0 Å². The van der Waals surface area contributed by atoms with E-state index < -0.39 is 19.1 Å². The second-order valence-electron chi connectivity index (χ2n) is 8.10.